The molecule has 0 aliphatic carbocycles. The molecular weight excluding hydrogens is 296 g/mol. The number of fused-ring (bicyclic) bond motifs is 3. The third kappa shape index (κ3) is 2.07. The van der Waals surface area contributed by atoms with Gasteiger partial charge in [0.25, 0.3) is 0 Å². The monoisotopic (exact) mass is 312 g/mol. The summed E-state index contributed by atoms with van der Waals surface area (Å²) in [6.07, 6.45) is 5.69. The molecule has 3 aliphatic rings. The Kier molecular flexibility index (Phi) is 3.15. The highest BCUT2D eigenvalue weighted by molar-refractivity contribution is 9.10. The van der Waals surface area contributed by atoms with Crippen LogP contribution in [0.2, 0.25) is 0 Å². The molecule has 0 aromatic carbocycles. The van der Waals surface area contributed by atoms with Crippen LogP contribution in [0.1, 0.15) is 19.8 Å². The minimum atomic E-state index is -0.133. The summed E-state index contributed by atoms with van der Waals surface area (Å²) in [7, 11) is 0. The molecule has 6 heteroatoms. The SMILES string of the molecule is C[C@H]1[C@H](NC(=O)n2cc(Br)cn2)C2CCN1CC2. The maximum Gasteiger partial charge on any atom is 0.342 e. The van der Waals surface area contributed by atoms with Crippen LogP contribution in [0.5, 0.6) is 0 Å². The average Bonchev–Trinajstić information content (AvgIpc) is 2.81. The molecule has 0 saturated carbocycles. The first kappa shape index (κ1) is 12.2. The van der Waals surface area contributed by atoms with Crippen LogP contribution in [-0.2, 0) is 0 Å². The number of halogens is 1. The van der Waals surface area contributed by atoms with Gasteiger partial charge in [-0.05, 0) is 54.7 Å². The van der Waals surface area contributed by atoms with E-state index in [0.29, 0.717) is 12.0 Å². The molecule has 18 heavy (non-hydrogen) atoms. The van der Waals surface area contributed by atoms with E-state index in [2.05, 4.69) is 38.2 Å². The number of amides is 1. The zero-order valence-corrected chi connectivity index (χ0v) is 11.9. The molecule has 1 aromatic rings. The van der Waals surface area contributed by atoms with Gasteiger partial charge in [-0.1, -0.05) is 0 Å². The van der Waals surface area contributed by atoms with E-state index in [0.717, 1.165) is 4.47 Å². The number of carbonyl (C=O) groups excluding carboxylic acids is 1. The predicted molar refractivity (Wildman–Crippen MR) is 71.4 cm³/mol. The lowest BCUT2D eigenvalue weighted by Gasteiger charge is -2.49. The minimum Gasteiger partial charge on any atom is -0.332 e. The highest BCUT2D eigenvalue weighted by Gasteiger charge is 2.40. The van der Waals surface area contributed by atoms with Crippen LogP contribution in [0, 0.1) is 5.92 Å². The van der Waals surface area contributed by atoms with Crippen LogP contribution in [0.25, 0.3) is 0 Å². The van der Waals surface area contributed by atoms with E-state index >= 15 is 0 Å². The van der Waals surface area contributed by atoms with Gasteiger partial charge >= 0.3 is 6.03 Å². The normalized spacial score (nSPS) is 34.6. The Balaban J connectivity index is 1.71. The molecular formula is C12H17BrN4O. The Morgan fingerprint density at radius 2 is 2.22 bits per heavy atom. The molecule has 2 bridgehead atoms. The molecule has 3 fully saturated rings. The molecule has 4 heterocycles. The van der Waals surface area contributed by atoms with Gasteiger partial charge in [-0.2, -0.15) is 9.78 Å². The Morgan fingerprint density at radius 3 is 2.78 bits per heavy atom. The van der Waals surface area contributed by atoms with Crippen molar-refractivity contribution in [2.75, 3.05) is 13.1 Å². The molecule has 98 valence electrons. The van der Waals surface area contributed by atoms with Crippen LogP contribution in [0.4, 0.5) is 4.79 Å². The predicted octanol–water partition coefficient (Wildman–Crippen LogP) is 1.69. The van der Waals surface area contributed by atoms with Gasteiger partial charge in [-0.15, -0.1) is 0 Å². The second-order valence-corrected chi connectivity index (χ2v) is 6.11. The summed E-state index contributed by atoms with van der Waals surface area (Å²) in [6.45, 7) is 4.55. The van der Waals surface area contributed by atoms with Crippen LogP contribution in [-0.4, -0.2) is 45.9 Å². The summed E-state index contributed by atoms with van der Waals surface area (Å²) >= 11 is 3.30. The summed E-state index contributed by atoms with van der Waals surface area (Å²) in [5, 5.41) is 7.14. The first-order valence-electron chi connectivity index (χ1n) is 6.40. The lowest BCUT2D eigenvalue weighted by atomic mass is 9.79. The van der Waals surface area contributed by atoms with Crippen LogP contribution >= 0.6 is 15.9 Å². The van der Waals surface area contributed by atoms with Gasteiger partial charge in [0.2, 0.25) is 0 Å². The van der Waals surface area contributed by atoms with Crippen molar-refractivity contribution in [2.45, 2.75) is 31.8 Å². The zero-order chi connectivity index (χ0) is 12.7. The smallest absolute Gasteiger partial charge is 0.332 e. The zero-order valence-electron chi connectivity index (χ0n) is 10.3. The number of hydrogen-bond donors (Lipinski definition) is 1. The maximum absolute atomic E-state index is 12.1. The number of hydrogen-bond acceptors (Lipinski definition) is 3. The maximum atomic E-state index is 12.1. The molecule has 4 rings (SSSR count). The molecule has 1 N–H and O–H groups in total. The van der Waals surface area contributed by atoms with Gasteiger partial charge < -0.3 is 5.32 Å². The van der Waals surface area contributed by atoms with Crippen LogP contribution < -0.4 is 5.32 Å². The van der Waals surface area contributed by atoms with Gasteiger partial charge in [-0.25, -0.2) is 4.79 Å². The highest BCUT2D eigenvalue weighted by atomic mass is 79.9. The Bertz CT molecular complexity index is 451. The highest BCUT2D eigenvalue weighted by Crippen LogP contribution is 2.32. The first-order chi connectivity index (χ1) is 8.65. The molecule has 3 saturated heterocycles. The first-order valence-corrected chi connectivity index (χ1v) is 7.19. The number of rotatable bonds is 1. The van der Waals surface area contributed by atoms with Crippen molar-refractivity contribution >= 4 is 22.0 Å². The fourth-order valence-electron chi connectivity index (χ4n) is 3.17. The Labute approximate surface area is 115 Å². The third-order valence-corrected chi connectivity index (χ3v) is 4.64. The Morgan fingerprint density at radius 1 is 1.50 bits per heavy atom. The molecule has 1 aromatic heterocycles. The molecule has 0 radical (unpaired) electrons. The number of nitrogens with one attached hydrogen (secondary N) is 1. The number of nitrogens with zero attached hydrogens (tertiary/aromatic N) is 3. The van der Waals surface area contributed by atoms with Crippen molar-refractivity contribution < 1.29 is 4.79 Å². The number of carbonyl (C=O) groups is 1. The minimum absolute atomic E-state index is 0.133. The number of piperidine rings is 3. The lowest BCUT2D eigenvalue weighted by molar-refractivity contribution is 0.0266. The van der Waals surface area contributed by atoms with E-state index in [9.17, 15) is 4.79 Å². The topological polar surface area (TPSA) is 50.2 Å². The lowest BCUT2D eigenvalue weighted by Crippen LogP contribution is -2.62. The second-order valence-electron chi connectivity index (χ2n) is 5.19. The summed E-state index contributed by atoms with van der Waals surface area (Å²) in [5.74, 6) is 0.618. The summed E-state index contributed by atoms with van der Waals surface area (Å²) in [5.41, 5.74) is 0. The second kappa shape index (κ2) is 4.66. The molecule has 0 unspecified atom stereocenters. The van der Waals surface area contributed by atoms with Gasteiger partial charge in [0.05, 0.1) is 10.7 Å². The molecule has 5 nitrogen and oxygen atoms in total. The van der Waals surface area contributed by atoms with E-state index in [1.165, 1.54) is 30.6 Å². The molecule has 0 spiro atoms. The van der Waals surface area contributed by atoms with Crippen molar-refractivity contribution in [3.05, 3.63) is 16.9 Å². The van der Waals surface area contributed by atoms with Crippen LogP contribution in [0.3, 0.4) is 0 Å². The van der Waals surface area contributed by atoms with E-state index < -0.39 is 0 Å². The van der Waals surface area contributed by atoms with E-state index in [-0.39, 0.29) is 12.1 Å². The van der Waals surface area contributed by atoms with Gasteiger partial charge in [-0.3, -0.25) is 4.90 Å². The van der Waals surface area contributed by atoms with Crippen molar-refractivity contribution in [1.29, 1.82) is 0 Å². The van der Waals surface area contributed by atoms with Crippen LogP contribution in [0.15, 0.2) is 16.9 Å². The van der Waals surface area contributed by atoms with Crippen molar-refractivity contribution in [1.82, 2.24) is 20.0 Å². The van der Waals surface area contributed by atoms with Crippen molar-refractivity contribution in [2.24, 2.45) is 5.92 Å². The average molecular weight is 313 g/mol. The molecule has 1 amide bonds. The van der Waals surface area contributed by atoms with E-state index in [1.54, 1.807) is 12.4 Å². The van der Waals surface area contributed by atoms with Gasteiger partial charge in [0, 0.05) is 18.3 Å². The summed E-state index contributed by atoms with van der Waals surface area (Å²) < 4.78 is 2.17. The van der Waals surface area contributed by atoms with Crippen molar-refractivity contribution in [3.8, 4) is 0 Å². The Hall–Kier alpha value is -0.880. The fraction of sp³-hybridized carbons (Fsp3) is 0.667. The largest absolute Gasteiger partial charge is 0.342 e. The fourth-order valence-corrected chi connectivity index (χ4v) is 3.45. The quantitative estimate of drug-likeness (QED) is 0.858. The van der Waals surface area contributed by atoms with E-state index in [1.807, 2.05) is 0 Å². The van der Waals surface area contributed by atoms with Gasteiger partial charge in [0.15, 0.2) is 0 Å². The summed E-state index contributed by atoms with van der Waals surface area (Å²) in [6, 6.07) is 0.551. The van der Waals surface area contributed by atoms with Crippen molar-refractivity contribution in [3.63, 3.8) is 0 Å². The number of aromatic nitrogens is 2. The standard InChI is InChI=1S/C12H17BrN4O/c1-8-11(9-2-4-16(8)5-3-9)15-12(18)17-7-10(13)6-14-17/h6-9,11H,2-5H2,1H3,(H,15,18)/t8-,11-/m0/s1. The molecule has 2 atom stereocenters. The third-order valence-electron chi connectivity index (χ3n) is 4.23. The van der Waals surface area contributed by atoms with E-state index in [4.69, 9.17) is 0 Å². The van der Waals surface area contributed by atoms with Gasteiger partial charge in [0.1, 0.15) is 0 Å². The summed E-state index contributed by atoms with van der Waals surface area (Å²) in [4.78, 5) is 14.6. The molecule has 3 aliphatic heterocycles.